The summed E-state index contributed by atoms with van der Waals surface area (Å²) in [5, 5.41) is 4.90. The van der Waals surface area contributed by atoms with Gasteiger partial charge >= 0.3 is 0 Å². The van der Waals surface area contributed by atoms with Crippen molar-refractivity contribution in [1.82, 2.24) is 4.57 Å². The molecule has 1 spiro atoms. The van der Waals surface area contributed by atoms with E-state index in [9.17, 15) is 6.85 Å². The second kappa shape index (κ2) is 11.0. The molecule has 2 aliphatic heterocycles. The third-order valence-electron chi connectivity index (χ3n) is 11.1. The third kappa shape index (κ3) is 3.73. The van der Waals surface area contributed by atoms with Crippen LogP contribution in [-0.4, -0.2) is 12.6 Å². The third-order valence-corrected chi connectivity index (χ3v) is 15.9. The van der Waals surface area contributed by atoms with Crippen molar-refractivity contribution in [2.45, 2.75) is 5.41 Å². The highest BCUT2D eigenvalue weighted by Crippen LogP contribution is 2.60. The van der Waals surface area contributed by atoms with Crippen LogP contribution in [-0.2, 0) is 5.41 Å². The van der Waals surface area contributed by atoms with Crippen LogP contribution >= 0.6 is 0 Å². The Kier molecular flexibility index (Phi) is 4.91. The predicted octanol–water partition coefficient (Wildman–Crippen LogP) is 8.96. The number of nitrogens with zero attached hydrogens (tertiary/aromatic N) is 1. The Morgan fingerprint density at radius 2 is 1.00 bits per heavy atom. The van der Waals surface area contributed by atoms with Crippen molar-refractivity contribution < 1.29 is 14.3 Å². The minimum absolute atomic E-state index is 0.148. The second-order valence-electron chi connectivity index (χ2n) is 13.5. The lowest BCUT2D eigenvalue weighted by atomic mass is 9.62. The minimum Gasteiger partial charge on any atom is -0.457 e. The molecule has 3 heteroatoms. The number of fused-ring (bicyclic) bond motifs is 11. The molecule has 0 bridgehead atoms. The van der Waals surface area contributed by atoms with Crippen LogP contribution < -0.4 is 25.5 Å². The van der Waals surface area contributed by atoms with Gasteiger partial charge in [0.05, 0.1) is 31.7 Å². The zero-order valence-electron chi connectivity index (χ0n) is 34.9. The fourth-order valence-electron chi connectivity index (χ4n) is 9.10. The van der Waals surface area contributed by atoms with Gasteiger partial charge in [-0.3, -0.25) is 0 Å². The lowest BCUT2D eigenvalue weighted by Crippen LogP contribution is -2.74. The lowest BCUT2D eigenvalue weighted by Gasteiger charge is -2.45. The molecule has 9 aromatic rings. The van der Waals surface area contributed by atoms with E-state index in [1.807, 2.05) is 71.3 Å². The van der Waals surface area contributed by atoms with E-state index < -0.39 is 25.6 Å². The van der Waals surface area contributed by atoms with Crippen molar-refractivity contribution >= 4 is 50.6 Å². The number of ether oxygens (including phenoxy) is 1. The van der Waals surface area contributed by atoms with E-state index in [1.54, 1.807) is 0 Å². The van der Waals surface area contributed by atoms with E-state index in [1.165, 1.54) is 0 Å². The number of hydrogen-bond acceptors (Lipinski definition) is 1. The molecular weight excluding hydrogens is 647 g/mol. The summed E-state index contributed by atoms with van der Waals surface area (Å²) < 4.78 is 73.7. The molecule has 1 aromatic heterocycles. The predicted molar refractivity (Wildman–Crippen MR) is 216 cm³/mol. The Labute approximate surface area is 313 Å². The van der Waals surface area contributed by atoms with Crippen LogP contribution in [0.3, 0.4) is 0 Å². The van der Waals surface area contributed by atoms with E-state index in [0.29, 0.717) is 28.3 Å². The van der Waals surface area contributed by atoms with E-state index in [4.69, 9.17) is 7.48 Å². The number of rotatable bonds is 4. The molecule has 52 heavy (non-hydrogen) atoms. The van der Waals surface area contributed by atoms with Gasteiger partial charge in [0.25, 0.3) is 0 Å². The number of benzene rings is 8. The average molecular weight is 687 g/mol. The summed E-state index contributed by atoms with van der Waals surface area (Å²) in [6.45, 7) is 0. The summed E-state index contributed by atoms with van der Waals surface area (Å²) in [6.07, 6.45) is 0. The first kappa shape index (κ1) is 23.1. The Morgan fingerprint density at radius 3 is 1.62 bits per heavy atom. The summed E-state index contributed by atoms with van der Waals surface area (Å²) in [7, 11) is -3.15. The van der Waals surface area contributed by atoms with Crippen LogP contribution in [0.1, 0.15) is 31.8 Å². The van der Waals surface area contributed by atoms with E-state index in [0.717, 1.165) is 37.4 Å². The van der Waals surface area contributed by atoms with Crippen molar-refractivity contribution in [2.24, 2.45) is 0 Å². The maximum atomic E-state index is 9.86. The standard InChI is InChI=1S/C49H33NOSi/c1-4-17-34(18-5-1)52(35-19-6-2-7-20-35,36-21-8-3-9-22-36)37-31-32-40-45(33-37)50-44-28-13-10-23-38(44)39-24-16-27-43(48(39)50)49(40)41-25-11-14-29-46(41)51-47-30-15-12-26-42(47)49/h1-33H/i10D,13D,16D,23D,24D,27D,28D. The molecule has 2 nitrogen and oxygen atoms in total. The molecule has 0 amide bonds. The van der Waals surface area contributed by atoms with Crippen LogP contribution in [0.15, 0.2) is 200 Å². The second-order valence-corrected chi connectivity index (χ2v) is 17.3. The normalized spacial score (nSPS) is 15.6. The molecular formula is C49H33NOSi. The van der Waals surface area contributed by atoms with Crippen LogP contribution in [0.2, 0.25) is 0 Å². The van der Waals surface area contributed by atoms with Crippen LogP contribution in [0, 0.1) is 0 Å². The smallest absolute Gasteiger partial charge is 0.179 e. The average Bonchev–Trinajstić information content (AvgIpc) is 3.64. The molecule has 0 unspecified atom stereocenters. The SMILES string of the molecule is [2H]c1c([2H])c([2H])c2c(c1[2H])c1c([2H])c([2H])c([2H])c3c1n2-c1cc([Si](c2ccccc2)(c2ccccc2)c2ccccc2)ccc1C31c2ccccc2Oc2ccccc21. The Balaban J connectivity index is 1.42. The fourth-order valence-corrected chi connectivity index (χ4v) is 13.9. The molecule has 0 saturated heterocycles. The number of para-hydroxylation sites is 4. The molecule has 0 aliphatic carbocycles. The number of aromatic nitrogens is 1. The van der Waals surface area contributed by atoms with Crippen molar-refractivity contribution in [3.63, 3.8) is 0 Å². The van der Waals surface area contributed by atoms with Gasteiger partial charge in [-0.25, -0.2) is 0 Å². The maximum Gasteiger partial charge on any atom is 0.179 e. The zero-order valence-corrected chi connectivity index (χ0v) is 28.9. The van der Waals surface area contributed by atoms with Gasteiger partial charge in [0, 0.05) is 21.9 Å². The van der Waals surface area contributed by atoms with Crippen molar-refractivity contribution in [3.8, 4) is 17.2 Å². The lowest BCUT2D eigenvalue weighted by molar-refractivity contribution is 0.434. The fraction of sp³-hybridized carbons (Fsp3) is 0.0204. The van der Waals surface area contributed by atoms with E-state index in [-0.39, 0.29) is 46.5 Å². The summed E-state index contributed by atoms with van der Waals surface area (Å²) >= 11 is 0. The van der Waals surface area contributed by atoms with Gasteiger partial charge in [-0.05, 0) is 56.1 Å². The quantitative estimate of drug-likeness (QED) is 0.133. The number of hydrogen-bond donors (Lipinski definition) is 0. The van der Waals surface area contributed by atoms with Gasteiger partial charge in [-0.2, -0.15) is 0 Å². The van der Waals surface area contributed by atoms with Gasteiger partial charge in [0.1, 0.15) is 11.5 Å². The molecule has 0 atom stereocenters. The Morgan fingerprint density at radius 1 is 0.462 bits per heavy atom. The molecule has 244 valence electrons. The molecule has 2 aliphatic rings. The summed E-state index contributed by atoms with van der Waals surface area (Å²) in [6, 6.07) is 51.7. The van der Waals surface area contributed by atoms with E-state index in [2.05, 4.69) is 91.0 Å². The first-order valence-corrected chi connectivity index (χ1v) is 19.5. The summed E-state index contributed by atoms with van der Waals surface area (Å²) in [4.78, 5) is 0. The zero-order chi connectivity index (χ0) is 40.4. The van der Waals surface area contributed by atoms with Gasteiger partial charge < -0.3 is 9.30 Å². The molecule has 3 heterocycles. The van der Waals surface area contributed by atoms with Crippen molar-refractivity contribution in [2.75, 3.05) is 0 Å². The van der Waals surface area contributed by atoms with Crippen LogP contribution in [0.5, 0.6) is 11.5 Å². The first-order chi connectivity index (χ1) is 28.7. The van der Waals surface area contributed by atoms with Crippen molar-refractivity contribution in [3.05, 3.63) is 222 Å². The molecule has 0 radical (unpaired) electrons. The maximum absolute atomic E-state index is 9.86. The molecule has 11 rings (SSSR count). The van der Waals surface area contributed by atoms with Crippen LogP contribution in [0.4, 0.5) is 0 Å². The highest BCUT2D eigenvalue weighted by molar-refractivity contribution is 7.19. The van der Waals surface area contributed by atoms with E-state index >= 15 is 0 Å². The Bertz CT molecular complexity index is 3080. The monoisotopic (exact) mass is 686 g/mol. The topological polar surface area (TPSA) is 14.2 Å². The Hall–Kier alpha value is -6.42. The van der Waals surface area contributed by atoms with Gasteiger partial charge in [0.15, 0.2) is 8.07 Å². The highest BCUT2D eigenvalue weighted by Gasteiger charge is 2.51. The minimum atomic E-state index is -3.15. The molecule has 0 fully saturated rings. The highest BCUT2D eigenvalue weighted by atomic mass is 28.3. The molecule has 0 saturated carbocycles. The largest absolute Gasteiger partial charge is 0.457 e. The van der Waals surface area contributed by atoms with Gasteiger partial charge in [-0.1, -0.05) is 176 Å². The molecule has 0 N–H and O–H groups in total. The van der Waals surface area contributed by atoms with Gasteiger partial charge in [0.2, 0.25) is 0 Å². The summed E-state index contributed by atoms with van der Waals surface area (Å²) in [5.74, 6) is 1.18. The first-order valence-electron chi connectivity index (χ1n) is 21.0. The van der Waals surface area contributed by atoms with Gasteiger partial charge in [-0.15, -0.1) is 0 Å². The molecule has 8 aromatic carbocycles. The van der Waals surface area contributed by atoms with Crippen LogP contribution in [0.25, 0.3) is 27.5 Å². The van der Waals surface area contributed by atoms with Crippen molar-refractivity contribution in [1.29, 1.82) is 0 Å². The summed E-state index contributed by atoms with van der Waals surface area (Å²) in [5.41, 5.74) is 2.76.